The zero-order valence-corrected chi connectivity index (χ0v) is 8.09. The van der Waals surface area contributed by atoms with Crippen LogP contribution in [0, 0.1) is 0 Å². The van der Waals surface area contributed by atoms with Crippen molar-refractivity contribution in [1.82, 2.24) is 0 Å². The van der Waals surface area contributed by atoms with E-state index in [0.29, 0.717) is 16.5 Å². The van der Waals surface area contributed by atoms with Gasteiger partial charge in [0.05, 0.1) is 12.1 Å². The molecular formula is C9H9ClO3. The number of hydrogen-bond donors (Lipinski definition) is 0. The van der Waals surface area contributed by atoms with Crippen molar-refractivity contribution in [3.05, 3.63) is 23.2 Å². The monoisotopic (exact) mass is 200 g/mol. The number of esters is 1. The van der Waals surface area contributed by atoms with Gasteiger partial charge in [0, 0.05) is 13.0 Å². The van der Waals surface area contributed by atoms with Crippen molar-refractivity contribution < 1.29 is 14.3 Å². The number of carbonyl (C=O) groups is 1. The lowest BCUT2D eigenvalue weighted by atomic mass is 10.3. The Morgan fingerprint density at radius 3 is 2.69 bits per heavy atom. The number of hydrogen-bond acceptors (Lipinski definition) is 3. The molecule has 70 valence electrons. The van der Waals surface area contributed by atoms with Gasteiger partial charge in [-0.2, -0.15) is 0 Å². The molecule has 0 radical (unpaired) electrons. The van der Waals surface area contributed by atoms with Crippen molar-refractivity contribution >= 4 is 17.6 Å². The average Bonchev–Trinajstić information content (AvgIpc) is 2.08. The maximum Gasteiger partial charge on any atom is 0.308 e. The van der Waals surface area contributed by atoms with Gasteiger partial charge in [-0.15, -0.1) is 0 Å². The van der Waals surface area contributed by atoms with Crippen LogP contribution in [-0.2, 0) is 4.79 Å². The highest BCUT2D eigenvalue weighted by Gasteiger charge is 2.05. The predicted octanol–water partition coefficient (Wildman–Crippen LogP) is 2.27. The number of rotatable bonds is 2. The zero-order chi connectivity index (χ0) is 9.84. The molecular weight excluding hydrogens is 192 g/mol. The van der Waals surface area contributed by atoms with Gasteiger partial charge < -0.3 is 9.47 Å². The highest BCUT2D eigenvalue weighted by molar-refractivity contribution is 6.32. The van der Waals surface area contributed by atoms with Crippen LogP contribution in [0.4, 0.5) is 0 Å². The average molecular weight is 201 g/mol. The van der Waals surface area contributed by atoms with Crippen LogP contribution < -0.4 is 9.47 Å². The van der Waals surface area contributed by atoms with Crippen molar-refractivity contribution in [2.24, 2.45) is 0 Å². The Bertz CT molecular complexity index is 323. The Labute approximate surface area is 81.2 Å². The number of benzene rings is 1. The molecule has 0 saturated carbocycles. The van der Waals surface area contributed by atoms with Gasteiger partial charge in [0.2, 0.25) is 0 Å². The molecule has 3 nitrogen and oxygen atoms in total. The van der Waals surface area contributed by atoms with E-state index in [1.54, 1.807) is 18.2 Å². The van der Waals surface area contributed by atoms with Gasteiger partial charge in [-0.1, -0.05) is 11.6 Å². The lowest BCUT2D eigenvalue weighted by Gasteiger charge is -2.05. The molecule has 13 heavy (non-hydrogen) atoms. The molecule has 0 bridgehead atoms. The molecule has 0 atom stereocenters. The van der Waals surface area contributed by atoms with Crippen LogP contribution >= 0.6 is 11.6 Å². The molecule has 0 saturated heterocycles. The SMILES string of the molecule is COc1ccc(Cl)c(OC(C)=O)c1. The van der Waals surface area contributed by atoms with E-state index >= 15 is 0 Å². The van der Waals surface area contributed by atoms with Gasteiger partial charge in [-0.3, -0.25) is 4.79 Å². The largest absolute Gasteiger partial charge is 0.497 e. The summed E-state index contributed by atoms with van der Waals surface area (Å²) in [6.07, 6.45) is 0. The fraction of sp³-hybridized carbons (Fsp3) is 0.222. The lowest BCUT2D eigenvalue weighted by molar-refractivity contribution is -0.131. The van der Waals surface area contributed by atoms with Gasteiger partial charge in [0.15, 0.2) is 5.75 Å². The van der Waals surface area contributed by atoms with Crippen molar-refractivity contribution in [1.29, 1.82) is 0 Å². The van der Waals surface area contributed by atoms with E-state index in [1.807, 2.05) is 0 Å². The quantitative estimate of drug-likeness (QED) is 0.543. The first-order valence-corrected chi connectivity index (χ1v) is 4.03. The molecule has 0 N–H and O–H groups in total. The van der Waals surface area contributed by atoms with Crippen LogP contribution in [0.1, 0.15) is 6.92 Å². The van der Waals surface area contributed by atoms with E-state index in [2.05, 4.69) is 0 Å². The Kier molecular flexibility index (Phi) is 3.14. The molecule has 1 aromatic carbocycles. The van der Waals surface area contributed by atoms with Crippen molar-refractivity contribution in [3.63, 3.8) is 0 Å². The standard InChI is InChI=1S/C9H9ClO3/c1-6(11)13-9-5-7(12-2)3-4-8(9)10/h3-5H,1-2H3. The summed E-state index contributed by atoms with van der Waals surface area (Å²) in [6, 6.07) is 4.86. The van der Waals surface area contributed by atoms with Gasteiger partial charge in [0.25, 0.3) is 0 Å². The van der Waals surface area contributed by atoms with Crippen molar-refractivity contribution in [2.45, 2.75) is 6.92 Å². The predicted molar refractivity (Wildman–Crippen MR) is 49.3 cm³/mol. The van der Waals surface area contributed by atoms with Crippen LogP contribution in [0.3, 0.4) is 0 Å². The van der Waals surface area contributed by atoms with Gasteiger partial charge in [0.1, 0.15) is 5.75 Å². The Hall–Kier alpha value is -1.22. The maximum atomic E-state index is 10.6. The molecule has 1 rings (SSSR count). The third-order valence-electron chi connectivity index (χ3n) is 1.39. The summed E-state index contributed by atoms with van der Waals surface area (Å²) in [5.74, 6) is 0.504. The summed E-state index contributed by atoms with van der Waals surface area (Å²) >= 11 is 5.76. The van der Waals surface area contributed by atoms with Crippen LogP contribution in [0.15, 0.2) is 18.2 Å². The first kappa shape index (κ1) is 9.86. The minimum Gasteiger partial charge on any atom is -0.497 e. The maximum absolute atomic E-state index is 10.6. The lowest BCUT2D eigenvalue weighted by Crippen LogP contribution is -2.01. The second-order valence-electron chi connectivity index (χ2n) is 2.39. The normalized spacial score (nSPS) is 9.46. The second-order valence-corrected chi connectivity index (χ2v) is 2.80. The second kappa shape index (κ2) is 4.14. The Morgan fingerprint density at radius 2 is 2.15 bits per heavy atom. The van der Waals surface area contributed by atoms with Crippen LogP contribution in [-0.4, -0.2) is 13.1 Å². The summed E-state index contributed by atoms with van der Waals surface area (Å²) in [7, 11) is 1.53. The van der Waals surface area contributed by atoms with E-state index < -0.39 is 5.97 Å². The van der Waals surface area contributed by atoms with Crippen molar-refractivity contribution in [2.75, 3.05) is 7.11 Å². The molecule has 0 aliphatic carbocycles. The smallest absolute Gasteiger partial charge is 0.308 e. The van der Waals surface area contributed by atoms with Gasteiger partial charge in [-0.25, -0.2) is 0 Å². The zero-order valence-electron chi connectivity index (χ0n) is 7.33. The van der Waals surface area contributed by atoms with E-state index in [4.69, 9.17) is 21.1 Å². The summed E-state index contributed by atoms with van der Waals surface area (Å²) in [6.45, 7) is 1.32. The highest BCUT2D eigenvalue weighted by Crippen LogP contribution is 2.28. The van der Waals surface area contributed by atoms with Crippen LogP contribution in [0.25, 0.3) is 0 Å². The van der Waals surface area contributed by atoms with E-state index in [9.17, 15) is 4.79 Å². The molecule has 4 heteroatoms. The fourth-order valence-electron chi connectivity index (χ4n) is 0.844. The third kappa shape index (κ3) is 2.63. The van der Waals surface area contributed by atoms with E-state index in [1.165, 1.54) is 14.0 Å². The van der Waals surface area contributed by atoms with Gasteiger partial charge in [-0.05, 0) is 12.1 Å². The minimum atomic E-state index is -0.407. The highest BCUT2D eigenvalue weighted by atomic mass is 35.5. The third-order valence-corrected chi connectivity index (χ3v) is 1.70. The van der Waals surface area contributed by atoms with Crippen LogP contribution in [0.5, 0.6) is 11.5 Å². The molecule has 0 aliphatic heterocycles. The molecule has 0 heterocycles. The first-order chi connectivity index (χ1) is 6.13. The topological polar surface area (TPSA) is 35.5 Å². The number of methoxy groups -OCH3 is 1. The number of ether oxygens (including phenoxy) is 2. The summed E-state index contributed by atoms with van der Waals surface area (Å²) in [4.78, 5) is 10.6. The summed E-state index contributed by atoms with van der Waals surface area (Å²) in [5.41, 5.74) is 0. The molecule has 0 aliphatic rings. The van der Waals surface area contributed by atoms with E-state index in [-0.39, 0.29) is 0 Å². The van der Waals surface area contributed by atoms with Gasteiger partial charge >= 0.3 is 5.97 Å². The molecule has 0 spiro atoms. The summed E-state index contributed by atoms with van der Waals surface area (Å²) < 4.78 is 9.78. The first-order valence-electron chi connectivity index (χ1n) is 3.65. The van der Waals surface area contributed by atoms with Crippen molar-refractivity contribution in [3.8, 4) is 11.5 Å². The fourth-order valence-corrected chi connectivity index (χ4v) is 1.000. The Balaban J connectivity index is 2.96. The molecule has 1 aromatic rings. The molecule has 0 amide bonds. The van der Waals surface area contributed by atoms with Crippen LogP contribution in [0.2, 0.25) is 5.02 Å². The molecule has 0 unspecified atom stereocenters. The number of carbonyl (C=O) groups excluding carboxylic acids is 1. The Morgan fingerprint density at radius 1 is 1.46 bits per heavy atom. The minimum absolute atomic E-state index is 0.313. The molecule has 0 fully saturated rings. The molecule has 0 aromatic heterocycles. The summed E-state index contributed by atoms with van der Waals surface area (Å²) in [5, 5.41) is 0.385. The van der Waals surface area contributed by atoms with E-state index in [0.717, 1.165) is 0 Å². The number of halogens is 1.